The number of nitrogens with zero attached hydrogens (tertiary/aromatic N) is 3. The average Bonchev–Trinajstić information content (AvgIpc) is 2.87. The van der Waals surface area contributed by atoms with E-state index in [0.717, 1.165) is 11.0 Å². The highest BCUT2D eigenvalue weighted by Crippen LogP contribution is 2.28. The fourth-order valence-corrected chi connectivity index (χ4v) is 2.53. The molecule has 3 amide bonds. The number of urea groups is 1. The van der Waals surface area contributed by atoms with Crippen molar-refractivity contribution in [3.63, 3.8) is 0 Å². The van der Waals surface area contributed by atoms with Crippen LogP contribution in [0.4, 0.5) is 23.7 Å². The molecule has 0 bridgehead atoms. The Bertz CT molecular complexity index is 860. The van der Waals surface area contributed by atoms with Crippen LogP contribution < -0.4 is 4.90 Å². The second-order valence-corrected chi connectivity index (χ2v) is 5.38. The van der Waals surface area contributed by atoms with Gasteiger partial charge in [0.15, 0.2) is 17.5 Å². The maximum Gasteiger partial charge on any atom is 0.332 e. The summed E-state index contributed by atoms with van der Waals surface area (Å²) in [6.45, 7) is -0.608. The topological polar surface area (TPSA) is 73.7 Å². The molecule has 0 unspecified atom stereocenters. The Labute approximate surface area is 140 Å². The van der Waals surface area contributed by atoms with Gasteiger partial charge in [-0.25, -0.2) is 22.9 Å². The maximum atomic E-state index is 13.9. The van der Waals surface area contributed by atoms with Gasteiger partial charge in [-0.1, -0.05) is 0 Å². The first kappa shape index (κ1) is 16.9. The van der Waals surface area contributed by atoms with Gasteiger partial charge in [-0.3, -0.25) is 9.78 Å². The monoisotopic (exact) mass is 351 g/mol. The number of imide groups is 1. The Morgan fingerprint density at radius 2 is 1.88 bits per heavy atom. The number of carbonyl (C=O) groups excluding carboxylic acids is 2. The molecule has 1 aliphatic heterocycles. The molecule has 9 heteroatoms. The number of anilines is 1. The summed E-state index contributed by atoms with van der Waals surface area (Å²) < 4.78 is 40.3. The number of aliphatic hydroxyl groups excluding tert-OH is 1. The third-order valence-corrected chi connectivity index (χ3v) is 3.71. The minimum Gasteiger partial charge on any atom is -0.390 e. The fourth-order valence-electron chi connectivity index (χ4n) is 2.53. The number of hydrogen-bond donors (Lipinski definition) is 1. The van der Waals surface area contributed by atoms with E-state index in [4.69, 9.17) is 5.11 Å². The number of benzene rings is 1. The minimum atomic E-state index is -1.75. The van der Waals surface area contributed by atoms with Crippen LogP contribution >= 0.6 is 0 Å². The maximum absolute atomic E-state index is 13.9. The Hall–Kier alpha value is -2.94. The highest BCUT2D eigenvalue weighted by Gasteiger charge is 2.39. The first-order valence-electron chi connectivity index (χ1n) is 7.22. The molecular weight excluding hydrogens is 339 g/mol. The van der Waals surface area contributed by atoms with Crippen LogP contribution in [0.25, 0.3) is 0 Å². The lowest BCUT2D eigenvalue weighted by molar-refractivity contribution is -0.116. The van der Waals surface area contributed by atoms with Gasteiger partial charge in [0.2, 0.25) is 0 Å². The minimum absolute atomic E-state index is 0.0158. The van der Waals surface area contributed by atoms with Crippen LogP contribution in [0.2, 0.25) is 0 Å². The van der Waals surface area contributed by atoms with E-state index in [0.29, 0.717) is 22.2 Å². The summed E-state index contributed by atoms with van der Waals surface area (Å²) in [7, 11) is 0. The molecule has 25 heavy (non-hydrogen) atoms. The molecular formula is C16H12F3N3O3. The molecule has 0 saturated carbocycles. The van der Waals surface area contributed by atoms with Crippen LogP contribution in [0.1, 0.15) is 11.3 Å². The van der Waals surface area contributed by atoms with E-state index in [9.17, 15) is 22.8 Å². The molecule has 3 rings (SSSR count). The van der Waals surface area contributed by atoms with E-state index in [1.54, 1.807) is 12.1 Å². The molecule has 0 spiro atoms. The zero-order chi connectivity index (χ0) is 18.1. The van der Waals surface area contributed by atoms with Gasteiger partial charge in [0, 0.05) is 12.7 Å². The number of aliphatic hydroxyl groups is 1. The Kier molecular flexibility index (Phi) is 4.41. The smallest absolute Gasteiger partial charge is 0.332 e. The molecule has 1 N–H and O–H groups in total. The van der Waals surface area contributed by atoms with Crippen LogP contribution in [0, 0.1) is 17.5 Å². The zero-order valence-electron chi connectivity index (χ0n) is 12.7. The molecule has 2 aromatic rings. The van der Waals surface area contributed by atoms with Crippen LogP contribution in [0.3, 0.4) is 0 Å². The predicted octanol–water partition coefficient (Wildman–Crippen LogP) is 1.96. The highest BCUT2D eigenvalue weighted by molar-refractivity contribution is 6.19. The van der Waals surface area contributed by atoms with Crippen molar-refractivity contribution in [2.24, 2.45) is 0 Å². The summed E-state index contributed by atoms with van der Waals surface area (Å²) in [5.74, 6) is -5.52. The van der Waals surface area contributed by atoms with Crippen molar-refractivity contribution in [1.29, 1.82) is 0 Å². The molecule has 1 fully saturated rings. The van der Waals surface area contributed by atoms with E-state index >= 15 is 0 Å². The van der Waals surface area contributed by atoms with Crippen molar-refractivity contribution >= 4 is 17.6 Å². The third kappa shape index (κ3) is 3.05. The molecule has 0 aliphatic carbocycles. The van der Waals surface area contributed by atoms with E-state index in [-0.39, 0.29) is 19.7 Å². The molecule has 1 aromatic heterocycles. The summed E-state index contributed by atoms with van der Waals surface area (Å²) in [4.78, 5) is 30.0. The van der Waals surface area contributed by atoms with E-state index < -0.39 is 35.1 Å². The number of halogens is 3. The average molecular weight is 351 g/mol. The quantitative estimate of drug-likeness (QED) is 0.675. The number of aromatic nitrogens is 1. The first-order valence-corrected chi connectivity index (χ1v) is 7.22. The molecule has 2 heterocycles. The molecule has 6 nitrogen and oxygen atoms in total. The summed E-state index contributed by atoms with van der Waals surface area (Å²) in [5.41, 5.74) is 0.356. The second-order valence-electron chi connectivity index (χ2n) is 5.38. The lowest BCUT2D eigenvalue weighted by atomic mass is 10.2. The summed E-state index contributed by atoms with van der Waals surface area (Å²) >= 11 is 0. The number of pyridine rings is 1. The van der Waals surface area contributed by atoms with Crippen molar-refractivity contribution < 1.29 is 27.9 Å². The zero-order valence-corrected chi connectivity index (χ0v) is 12.7. The molecule has 0 atom stereocenters. The largest absolute Gasteiger partial charge is 0.390 e. The molecule has 0 radical (unpaired) electrons. The Morgan fingerprint density at radius 3 is 2.60 bits per heavy atom. The van der Waals surface area contributed by atoms with Crippen LogP contribution in [-0.2, 0) is 17.9 Å². The van der Waals surface area contributed by atoms with Gasteiger partial charge >= 0.3 is 6.03 Å². The van der Waals surface area contributed by atoms with Crippen molar-refractivity contribution in [1.82, 2.24) is 9.88 Å². The summed E-state index contributed by atoms with van der Waals surface area (Å²) in [6.07, 6.45) is 1.44. The van der Waals surface area contributed by atoms with E-state index in [2.05, 4.69) is 4.98 Å². The number of carbonyl (C=O) groups is 2. The van der Waals surface area contributed by atoms with Crippen molar-refractivity contribution in [3.8, 4) is 0 Å². The fraction of sp³-hybridized carbons (Fsp3) is 0.188. The lowest BCUT2D eigenvalue weighted by Gasteiger charge is -2.18. The number of hydrogen-bond acceptors (Lipinski definition) is 4. The predicted molar refractivity (Wildman–Crippen MR) is 79.8 cm³/mol. The van der Waals surface area contributed by atoms with Crippen molar-refractivity contribution in [2.75, 3.05) is 11.4 Å². The first-order chi connectivity index (χ1) is 11.9. The standard InChI is InChI=1S/C16H12F3N3O3/c17-11-1-2-12(15(19)14(11)18)22-13(24)7-21(16(22)25)6-9-3-4-20-10(5-9)8-23/h1-5,23H,6-8H2. The van der Waals surface area contributed by atoms with Crippen molar-refractivity contribution in [2.45, 2.75) is 13.2 Å². The normalized spacial score (nSPS) is 14.6. The van der Waals surface area contributed by atoms with Crippen LogP contribution in [-0.4, -0.2) is 33.5 Å². The van der Waals surface area contributed by atoms with Crippen LogP contribution in [0.15, 0.2) is 30.5 Å². The van der Waals surface area contributed by atoms with Gasteiger partial charge in [0.25, 0.3) is 5.91 Å². The highest BCUT2D eigenvalue weighted by atomic mass is 19.2. The van der Waals surface area contributed by atoms with E-state index in [1.807, 2.05) is 0 Å². The van der Waals surface area contributed by atoms with Gasteiger partial charge < -0.3 is 10.0 Å². The van der Waals surface area contributed by atoms with Gasteiger partial charge in [0.1, 0.15) is 6.54 Å². The van der Waals surface area contributed by atoms with Gasteiger partial charge in [-0.05, 0) is 29.8 Å². The summed E-state index contributed by atoms with van der Waals surface area (Å²) in [5, 5.41) is 9.07. The van der Waals surface area contributed by atoms with Crippen molar-refractivity contribution in [3.05, 3.63) is 59.2 Å². The number of amides is 3. The number of rotatable bonds is 4. The van der Waals surface area contributed by atoms with Gasteiger partial charge in [-0.2, -0.15) is 0 Å². The van der Waals surface area contributed by atoms with Crippen LogP contribution in [0.5, 0.6) is 0 Å². The lowest BCUT2D eigenvalue weighted by Crippen LogP contribution is -2.33. The molecule has 1 saturated heterocycles. The Morgan fingerprint density at radius 1 is 1.12 bits per heavy atom. The third-order valence-electron chi connectivity index (χ3n) is 3.71. The Balaban J connectivity index is 1.86. The second kappa shape index (κ2) is 6.52. The molecule has 130 valence electrons. The van der Waals surface area contributed by atoms with E-state index in [1.165, 1.54) is 6.20 Å². The molecule has 1 aromatic carbocycles. The summed E-state index contributed by atoms with van der Waals surface area (Å²) in [6, 6.07) is 3.78. The SMILES string of the molecule is O=C1CN(Cc2ccnc(CO)c2)C(=O)N1c1ccc(F)c(F)c1F. The van der Waals surface area contributed by atoms with Gasteiger partial charge in [-0.15, -0.1) is 0 Å². The molecule has 1 aliphatic rings. The van der Waals surface area contributed by atoms with Gasteiger partial charge in [0.05, 0.1) is 18.0 Å².